The van der Waals surface area contributed by atoms with Crippen molar-refractivity contribution in [3.05, 3.63) is 39.9 Å². The first kappa shape index (κ1) is 16.4. The molecule has 1 aliphatic heterocycles. The van der Waals surface area contributed by atoms with Gasteiger partial charge in [-0.15, -0.1) is 0 Å². The molecular weight excluding hydrogens is 288 g/mol. The van der Waals surface area contributed by atoms with Crippen LogP contribution >= 0.6 is 0 Å². The van der Waals surface area contributed by atoms with Gasteiger partial charge in [-0.1, -0.05) is 0 Å². The summed E-state index contributed by atoms with van der Waals surface area (Å²) >= 11 is 0. The maximum absolute atomic E-state index is 12.1. The van der Waals surface area contributed by atoms with Crippen molar-refractivity contribution < 1.29 is 19.2 Å². The molecule has 0 spiro atoms. The Hall–Kier alpha value is -1.99. The summed E-state index contributed by atoms with van der Waals surface area (Å²) < 4.78 is 10.8. The highest BCUT2D eigenvalue weighted by Crippen LogP contribution is 2.26. The Balaban J connectivity index is 1.96. The Morgan fingerprint density at radius 1 is 1.32 bits per heavy atom. The number of nitrogens with zero attached hydrogens (tertiary/aromatic N) is 2. The lowest BCUT2D eigenvalue weighted by Crippen LogP contribution is -2.41. The SMILES string of the molecule is CC(C)(OC(=O)CN1CCOCC1)c1ccc([N+](=O)[O-])cc1. The van der Waals surface area contributed by atoms with Crippen molar-refractivity contribution in [2.75, 3.05) is 32.8 Å². The van der Waals surface area contributed by atoms with Crippen LogP contribution in [0.2, 0.25) is 0 Å². The van der Waals surface area contributed by atoms with Crippen LogP contribution in [0.3, 0.4) is 0 Å². The Morgan fingerprint density at radius 3 is 2.45 bits per heavy atom. The number of carbonyl (C=O) groups excluding carboxylic acids is 1. The van der Waals surface area contributed by atoms with Gasteiger partial charge >= 0.3 is 5.97 Å². The van der Waals surface area contributed by atoms with E-state index in [4.69, 9.17) is 9.47 Å². The molecule has 1 heterocycles. The van der Waals surface area contributed by atoms with Gasteiger partial charge in [0.25, 0.3) is 5.69 Å². The first-order chi connectivity index (χ1) is 10.4. The van der Waals surface area contributed by atoms with Gasteiger partial charge < -0.3 is 9.47 Å². The molecule has 2 rings (SSSR count). The average Bonchev–Trinajstić information content (AvgIpc) is 2.47. The minimum atomic E-state index is -0.835. The monoisotopic (exact) mass is 308 g/mol. The van der Waals surface area contributed by atoms with Crippen LogP contribution in [-0.2, 0) is 19.9 Å². The number of nitro benzene ring substituents is 1. The molecule has 0 unspecified atom stereocenters. The van der Waals surface area contributed by atoms with Crippen LogP contribution in [0.5, 0.6) is 0 Å². The van der Waals surface area contributed by atoms with Gasteiger partial charge in [0.1, 0.15) is 5.60 Å². The number of ether oxygens (including phenoxy) is 2. The summed E-state index contributed by atoms with van der Waals surface area (Å²) in [5, 5.41) is 10.7. The number of esters is 1. The van der Waals surface area contributed by atoms with E-state index in [1.165, 1.54) is 12.1 Å². The molecule has 7 heteroatoms. The maximum atomic E-state index is 12.1. The van der Waals surface area contributed by atoms with Gasteiger partial charge in [0, 0.05) is 25.2 Å². The van der Waals surface area contributed by atoms with Crippen LogP contribution in [-0.4, -0.2) is 48.6 Å². The van der Waals surface area contributed by atoms with Crippen LogP contribution in [0.1, 0.15) is 19.4 Å². The number of benzene rings is 1. The lowest BCUT2D eigenvalue weighted by molar-refractivity contribution is -0.384. The summed E-state index contributed by atoms with van der Waals surface area (Å²) in [6.07, 6.45) is 0. The number of morpholine rings is 1. The highest BCUT2D eigenvalue weighted by molar-refractivity contribution is 5.72. The minimum absolute atomic E-state index is 0.0131. The molecule has 0 bridgehead atoms. The van der Waals surface area contributed by atoms with Crippen molar-refractivity contribution in [2.45, 2.75) is 19.4 Å². The minimum Gasteiger partial charge on any atom is -0.454 e. The Morgan fingerprint density at radius 2 is 1.91 bits per heavy atom. The van der Waals surface area contributed by atoms with Gasteiger partial charge in [0.2, 0.25) is 0 Å². The van der Waals surface area contributed by atoms with E-state index in [1.54, 1.807) is 26.0 Å². The number of non-ortho nitro benzene ring substituents is 1. The zero-order valence-corrected chi connectivity index (χ0v) is 12.8. The molecule has 120 valence electrons. The molecule has 0 radical (unpaired) electrons. The van der Waals surface area contributed by atoms with Crippen LogP contribution < -0.4 is 0 Å². The number of carbonyl (C=O) groups is 1. The number of hydrogen-bond donors (Lipinski definition) is 0. The van der Waals surface area contributed by atoms with Crippen molar-refractivity contribution in [2.24, 2.45) is 0 Å². The molecule has 1 fully saturated rings. The van der Waals surface area contributed by atoms with Gasteiger partial charge in [0.05, 0.1) is 24.7 Å². The number of nitro groups is 1. The van der Waals surface area contributed by atoms with Gasteiger partial charge in [-0.2, -0.15) is 0 Å². The molecule has 7 nitrogen and oxygen atoms in total. The molecule has 0 N–H and O–H groups in total. The summed E-state index contributed by atoms with van der Waals surface area (Å²) in [6.45, 7) is 6.44. The average molecular weight is 308 g/mol. The summed E-state index contributed by atoms with van der Waals surface area (Å²) in [4.78, 5) is 24.3. The van der Waals surface area contributed by atoms with Crippen molar-refractivity contribution in [3.63, 3.8) is 0 Å². The lowest BCUT2D eigenvalue weighted by Gasteiger charge is -2.29. The molecule has 0 aromatic heterocycles. The van der Waals surface area contributed by atoms with Crippen molar-refractivity contribution in [1.29, 1.82) is 0 Å². The van der Waals surface area contributed by atoms with E-state index in [9.17, 15) is 14.9 Å². The smallest absolute Gasteiger partial charge is 0.321 e. The lowest BCUT2D eigenvalue weighted by atomic mass is 9.98. The maximum Gasteiger partial charge on any atom is 0.321 e. The quantitative estimate of drug-likeness (QED) is 0.468. The summed E-state index contributed by atoms with van der Waals surface area (Å²) in [6, 6.07) is 6.04. The molecule has 0 aliphatic carbocycles. The highest BCUT2D eigenvalue weighted by Gasteiger charge is 2.27. The zero-order chi connectivity index (χ0) is 16.2. The fourth-order valence-corrected chi connectivity index (χ4v) is 2.30. The van der Waals surface area contributed by atoms with E-state index in [1.807, 2.05) is 4.90 Å². The third kappa shape index (κ3) is 4.25. The van der Waals surface area contributed by atoms with Crippen LogP contribution in [0.4, 0.5) is 5.69 Å². The number of hydrogen-bond acceptors (Lipinski definition) is 6. The largest absolute Gasteiger partial charge is 0.454 e. The zero-order valence-electron chi connectivity index (χ0n) is 12.8. The van der Waals surface area contributed by atoms with E-state index in [0.29, 0.717) is 31.9 Å². The third-order valence-corrected chi connectivity index (χ3v) is 3.60. The van der Waals surface area contributed by atoms with Crippen molar-refractivity contribution in [1.82, 2.24) is 4.90 Å². The predicted molar refractivity (Wildman–Crippen MR) is 79.5 cm³/mol. The Bertz CT molecular complexity index is 535. The molecule has 0 saturated carbocycles. The molecule has 0 atom stereocenters. The Labute approximate surface area is 129 Å². The van der Waals surface area contributed by atoms with E-state index < -0.39 is 10.5 Å². The fourth-order valence-electron chi connectivity index (χ4n) is 2.30. The second-order valence-corrected chi connectivity index (χ2v) is 5.68. The normalized spacial score (nSPS) is 16.3. The topological polar surface area (TPSA) is 81.9 Å². The molecular formula is C15H20N2O5. The second-order valence-electron chi connectivity index (χ2n) is 5.68. The predicted octanol–water partition coefficient (Wildman–Crippen LogP) is 1.71. The molecule has 1 aliphatic rings. The molecule has 0 amide bonds. The summed E-state index contributed by atoms with van der Waals surface area (Å²) in [5.74, 6) is -0.315. The summed E-state index contributed by atoms with van der Waals surface area (Å²) in [5.41, 5.74) is -0.106. The van der Waals surface area contributed by atoms with Crippen molar-refractivity contribution in [3.8, 4) is 0 Å². The van der Waals surface area contributed by atoms with Crippen LogP contribution in [0.15, 0.2) is 24.3 Å². The molecule has 1 saturated heterocycles. The van der Waals surface area contributed by atoms with E-state index in [2.05, 4.69) is 0 Å². The van der Waals surface area contributed by atoms with Gasteiger partial charge in [-0.3, -0.25) is 19.8 Å². The Kier molecular flexibility index (Phi) is 5.10. The number of rotatable bonds is 5. The second kappa shape index (κ2) is 6.85. The first-order valence-corrected chi connectivity index (χ1v) is 7.15. The molecule has 22 heavy (non-hydrogen) atoms. The van der Waals surface area contributed by atoms with Gasteiger partial charge in [0.15, 0.2) is 0 Å². The summed E-state index contributed by atoms with van der Waals surface area (Å²) in [7, 11) is 0. The van der Waals surface area contributed by atoms with Crippen LogP contribution in [0, 0.1) is 10.1 Å². The fraction of sp³-hybridized carbons (Fsp3) is 0.533. The van der Waals surface area contributed by atoms with Crippen LogP contribution in [0.25, 0.3) is 0 Å². The van der Waals surface area contributed by atoms with Gasteiger partial charge in [-0.05, 0) is 31.5 Å². The van der Waals surface area contributed by atoms with E-state index >= 15 is 0 Å². The standard InChI is InChI=1S/C15H20N2O5/c1-15(2,12-3-5-13(6-4-12)17(19)20)22-14(18)11-16-7-9-21-10-8-16/h3-6H,7-11H2,1-2H3. The van der Waals surface area contributed by atoms with Gasteiger partial charge in [-0.25, -0.2) is 0 Å². The molecule has 1 aromatic carbocycles. The van der Waals surface area contributed by atoms with E-state index in [-0.39, 0.29) is 18.2 Å². The van der Waals surface area contributed by atoms with Crippen molar-refractivity contribution >= 4 is 11.7 Å². The first-order valence-electron chi connectivity index (χ1n) is 7.15. The van der Waals surface area contributed by atoms with E-state index in [0.717, 1.165) is 0 Å². The third-order valence-electron chi connectivity index (χ3n) is 3.60. The molecule has 1 aromatic rings. The highest BCUT2D eigenvalue weighted by atomic mass is 16.6.